The Labute approximate surface area is 132 Å². The molecule has 0 aliphatic heterocycles. The molecule has 22 heavy (non-hydrogen) atoms. The molecular weight excluding hydrogens is 274 g/mol. The second-order valence-electron chi connectivity index (χ2n) is 4.96. The molecule has 0 aliphatic carbocycles. The Hall–Kier alpha value is -2.36. The van der Waals surface area contributed by atoms with Gasteiger partial charge in [0.1, 0.15) is 5.69 Å². The minimum absolute atomic E-state index is 0.0145. The lowest BCUT2D eigenvalue weighted by Gasteiger charge is -2.23. The van der Waals surface area contributed by atoms with Crippen molar-refractivity contribution in [2.45, 2.75) is 20.8 Å². The van der Waals surface area contributed by atoms with E-state index in [2.05, 4.69) is 28.9 Å². The van der Waals surface area contributed by atoms with Crippen LogP contribution in [0.3, 0.4) is 0 Å². The lowest BCUT2D eigenvalue weighted by atomic mass is 10.2. The summed E-state index contributed by atoms with van der Waals surface area (Å²) in [6.45, 7) is 8.29. The average Bonchev–Trinajstić information content (AvgIpc) is 2.58. The molecule has 2 rings (SSSR count). The van der Waals surface area contributed by atoms with E-state index in [0.29, 0.717) is 18.8 Å². The highest BCUT2D eigenvalue weighted by molar-refractivity contribution is 5.92. The van der Waals surface area contributed by atoms with Crippen molar-refractivity contribution in [2.24, 2.45) is 0 Å². The first kappa shape index (κ1) is 16.0. The lowest BCUT2D eigenvalue weighted by Crippen LogP contribution is -2.31. The highest BCUT2D eigenvalue weighted by Gasteiger charge is 2.14. The smallest absolute Gasteiger partial charge is 0.272 e. The SMILES string of the molecule is CCN(CC)C(=O)c1ccc(N(CC)c2ccccc2)cn1. The predicted octanol–water partition coefficient (Wildman–Crippen LogP) is 3.72. The first-order valence-corrected chi connectivity index (χ1v) is 7.79. The summed E-state index contributed by atoms with van der Waals surface area (Å²) in [7, 11) is 0. The summed E-state index contributed by atoms with van der Waals surface area (Å²) < 4.78 is 0. The van der Waals surface area contributed by atoms with Gasteiger partial charge in [-0.3, -0.25) is 4.79 Å². The zero-order valence-electron chi connectivity index (χ0n) is 13.5. The topological polar surface area (TPSA) is 36.4 Å². The molecule has 116 valence electrons. The van der Waals surface area contributed by atoms with Gasteiger partial charge in [0.15, 0.2) is 0 Å². The maximum Gasteiger partial charge on any atom is 0.272 e. The molecule has 0 radical (unpaired) electrons. The van der Waals surface area contributed by atoms with E-state index in [9.17, 15) is 4.79 Å². The van der Waals surface area contributed by atoms with Gasteiger partial charge >= 0.3 is 0 Å². The van der Waals surface area contributed by atoms with Gasteiger partial charge in [0.25, 0.3) is 5.91 Å². The number of amides is 1. The van der Waals surface area contributed by atoms with Gasteiger partial charge in [0.2, 0.25) is 0 Å². The molecule has 1 aromatic carbocycles. The van der Waals surface area contributed by atoms with Crippen LogP contribution in [0.4, 0.5) is 11.4 Å². The number of pyridine rings is 1. The van der Waals surface area contributed by atoms with Crippen LogP contribution in [-0.4, -0.2) is 35.4 Å². The van der Waals surface area contributed by atoms with Gasteiger partial charge in [0.05, 0.1) is 11.9 Å². The van der Waals surface area contributed by atoms with Gasteiger partial charge < -0.3 is 9.80 Å². The van der Waals surface area contributed by atoms with E-state index in [1.54, 1.807) is 11.1 Å². The van der Waals surface area contributed by atoms with Crippen LogP contribution in [0.2, 0.25) is 0 Å². The zero-order chi connectivity index (χ0) is 15.9. The fourth-order valence-electron chi connectivity index (χ4n) is 2.47. The Morgan fingerprint density at radius 2 is 1.59 bits per heavy atom. The standard InChI is InChI=1S/C18H23N3O/c1-4-20(5-2)18(22)17-13-12-16(14-19-17)21(6-3)15-10-8-7-9-11-15/h7-14H,4-6H2,1-3H3. The second-order valence-corrected chi connectivity index (χ2v) is 4.96. The van der Waals surface area contributed by atoms with Crippen LogP contribution in [0.5, 0.6) is 0 Å². The van der Waals surface area contributed by atoms with Crippen molar-refractivity contribution in [1.82, 2.24) is 9.88 Å². The first-order chi connectivity index (χ1) is 10.7. The Kier molecular flexibility index (Phi) is 5.53. The number of rotatable bonds is 6. The molecule has 0 bridgehead atoms. The van der Waals surface area contributed by atoms with Gasteiger partial charge in [-0.2, -0.15) is 0 Å². The van der Waals surface area contributed by atoms with E-state index < -0.39 is 0 Å². The largest absolute Gasteiger partial charge is 0.341 e. The highest BCUT2D eigenvalue weighted by Crippen LogP contribution is 2.24. The van der Waals surface area contributed by atoms with Crippen LogP contribution in [0, 0.1) is 0 Å². The van der Waals surface area contributed by atoms with E-state index >= 15 is 0 Å². The van der Waals surface area contributed by atoms with Crippen molar-refractivity contribution in [3.8, 4) is 0 Å². The highest BCUT2D eigenvalue weighted by atomic mass is 16.2. The molecule has 0 unspecified atom stereocenters. The quantitative estimate of drug-likeness (QED) is 0.815. The van der Waals surface area contributed by atoms with Crippen LogP contribution in [0.15, 0.2) is 48.7 Å². The molecule has 0 saturated carbocycles. The van der Waals surface area contributed by atoms with Gasteiger partial charge in [-0.25, -0.2) is 4.98 Å². The van der Waals surface area contributed by atoms with E-state index in [-0.39, 0.29) is 5.91 Å². The van der Waals surface area contributed by atoms with E-state index in [4.69, 9.17) is 0 Å². The number of carbonyl (C=O) groups excluding carboxylic acids is 1. The van der Waals surface area contributed by atoms with Crippen molar-refractivity contribution in [3.05, 3.63) is 54.4 Å². The number of nitrogens with zero attached hydrogens (tertiary/aromatic N) is 3. The van der Waals surface area contributed by atoms with Gasteiger partial charge in [-0.15, -0.1) is 0 Å². The van der Waals surface area contributed by atoms with E-state index in [1.165, 1.54) is 0 Å². The number of benzene rings is 1. The summed E-state index contributed by atoms with van der Waals surface area (Å²) in [5, 5.41) is 0. The third-order valence-corrected chi connectivity index (χ3v) is 3.71. The van der Waals surface area contributed by atoms with Crippen LogP contribution < -0.4 is 4.90 Å². The molecule has 0 fully saturated rings. The summed E-state index contributed by atoms with van der Waals surface area (Å²) in [4.78, 5) is 20.6. The van der Waals surface area contributed by atoms with Crippen LogP contribution >= 0.6 is 0 Å². The van der Waals surface area contributed by atoms with E-state index in [0.717, 1.165) is 17.9 Å². The third kappa shape index (κ3) is 3.45. The summed E-state index contributed by atoms with van der Waals surface area (Å²) in [6.07, 6.45) is 1.77. The molecule has 0 N–H and O–H groups in total. The number of hydrogen-bond donors (Lipinski definition) is 0. The molecule has 2 aromatic rings. The minimum atomic E-state index is -0.0145. The Balaban J connectivity index is 2.22. The summed E-state index contributed by atoms with van der Waals surface area (Å²) in [5.74, 6) is -0.0145. The Morgan fingerprint density at radius 3 is 2.09 bits per heavy atom. The van der Waals surface area contributed by atoms with Crippen molar-refractivity contribution in [2.75, 3.05) is 24.5 Å². The molecule has 1 heterocycles. The van der Waals surface area contributed by atoms with Crippen LogP contribution in [-0.2, 0) is 0 Å². The summed E-state index contributed by atoms with van der Waals surface area (Å²) >= 11 is 0. The number of hydrogen-bond acceptors (Lipinski definition) is 3. The maximum atomic E-state index is 12.3. The molecule has 4 heteroatoms. The maximum absolute atomic E-state index is 12.3. The van der Waals surface area contributed by atoms with Crippen molar-refractivity contribution < 1.29 is 4.79 Å². The minimum Gasteiger partial charge on any atom is -0.341 e. The Bertz CT molecular complexity index is 591. The predicted molar refractivity (Wildman–Crippen MR) is 90.6 cm³/mol. The lowest BCUT2D eigenvalue weighted by molar-refractivity contribution is 0.0767. The fraction of sp³-hybridized carbons (Fsp3) is 0.333. The van der Waals surface area contributed by atoms with Gasteiger partial charge in [-0.05, 0) is 45.0 Å². The van der Waals surface area contributed by atoms with Gasteiger partial charge in [-0.1, -0.05) is 18.2 Å². The Morgan fingerprint density at radius 1 is 0.909 bits per heavy atom. The van der Waals surface area contributed by atoms with Gasteiger partial charge in [0, 0.05) is 25.3 Å². The summed E-state index contributed by atoms with van der Waals surface area (Å²) in [5.41, 5.74) is 2.61. The average molecular weight is 297 g/mol. The van der Waals surface area contributed by atoms with Crippen molar-refractivity contribution in [1.29, 1.82) is 0 Å². The first-order valence-electron chi connectivity index (χ1n) is 7.79. The molecule has 1 aromatic heterocycles. The molecule has 0 atom stereocenters. The molecular formula is C18H23N3O. The fourth-order valence-corrected chi connectivity index (χ4v) is 2.47. The van der Waals surface area contributed by atoms with Crippen molar-refractivity contribution >= 4 is 17.3 Å². The molecule has 1 amide bonds. The molecule has 0 aliphatic rings. The molecule has 0 spiro atoms. The normalized spacial score (nSPS) is 10.3. The molecule has 4 nitrogen and oxygen atoms in total. The van der Waals surface area contributed by atoms with Crippen LogP contribution in [0.1, 0.15) is 31.3 Å². The number of carbonyl (C=O) groups is 1. The number of anilines is 2. The monoisotopic (exact) mass is 297 g/mol. The third-order valence-electron chi connectivity index (χ3n) is 3.71. The summed E-state index contributed by atoms with van der Waals surface area (Å²) in [6, 6.07) is 13.9. The second kappa shape index (κ2) is 7.59. The number of aromatic nitrogens is 1. The zero-order valence-corrected chi connectivity index (χ0v) is 13.5. The van der Waals surface area contributed by atoms with E-state index in [1.807, 2.05) is 44.2 Å². The van der Waals surface area contributed by atoms with Crippen LogP contribution in [0.25, 0.3) is 0 Å². The van der Waals surface area contributed by atoms with Crippen molar-refractivity contribution in [3.63, 3.8) is 0 Å². The molecule has 0 saturated heterocycles. The number of para-hydroxylation sites is 1.